The van der Waals surface area contributed by atoms with Crippen molar-refractivity contribution in [3.8, 4) is 12.1 Å². The molecule has 17 heteroatoms. The Balaban J connectivity index is 0.000000209. The van der Waals surface area contributed by atoms with Gasteiger partial charge in [0.25, 0.3) is 0 Å². The third-order valence-corrected chi connectivity index (χ3v) is 12.3. The maximum absolute atomic E-state index is 12.4. The van der Waals surface area contributed by atoms with E-state index < -0.39 is 37.4 Å². The summed E-state index contributed by atoms with van der Waals surface area (Å²) in [6, 6.07) is 31.2. The number of nitriles is 2. The molecule has 2 heterocycles. The number of nitrogens with zero attached hydrogens (tertiary/aromatic N) is 2. The third-order valence-electron chi connectivity index (χ3n) is 10.0. The summed E-state index contributed by atoms with van der Waals surface area (Å²) in [5.41, 5.74) is 9.43. The Hall–Kier alpha value is -4.38. The molecule has 2 aliphatic rings. The lowest BCUT2D eigenvalue weighted by Gasteiger charge is -2.32. The van der Waals surface area contributed by atoms with E-state index in [1.165, 1.54) is 0 Å². The van der Waals surface area contributed by atoms with E-state index in [4.69, 9.17) is 45.6 Å². The summed E-state index contributed by atoms with van der Waals surface area (Å²) in [5.74, 6) is -0.377. The van der Waals surface area contributed by atoms with Gasteiger partial charge in [0.05, 0.1) is 57.2 Å². The van der Waals surface area contributed by atoms with Crippen molar-refractivity contribution in [3.05, 3.63) is 119 Å². The van der Waals surface area contributed by atoms with E-state index in [1.54, 1.807) is 72.8 Å². The second-order valence-electron chi connectivity index (χ2n) is 15.6. The maximum Gasteiger partial charge on any atom is 0.494 e. The monoisotopic (exact) mass is 832 g/mol. The zero-order chi connectivity index (χ0) is 42.5. The smallest absolute Gasteiger partial charge is 0.399 e. The largest absolute Gasteiger partial charge is 0.494 e. The first-order chi connectivity index (χ1) is 26.3. The molecule has 0 spiro atoms. The number of anilines is 2. The van der Waals surface area contributed by atoms with Gasteiger partial charge in [-0.2, -0.15) is 10.5 Å². The van der Waals surface area contributed by atoms with Gasteiger partial charge in [-0.25, -0.2) is 16.8 Å². The van der Waals surface area contributed by atoms with Crippen LogP contribution in [0.5, 0.6) is 0 Å². The zero-order valence-corrected chi connectivity index (χ0v) is 35.6. The lowest BCUT2D eigenvalue weighted by molar-refractivity contribution is 0.00578. The van der Waals surface area contributed by atoms with Gasteiger partial charge in [-0.3, -0.25) is 4.72 Å². The summed E-state index contributed by atoms with van der Waals surface area (Å²) in [6.07, 6.45) is 0. The molecule has 12 nitrogen and oxygen atoms in total. The molecular weight excluding hydrogens is 786 g/mol. The number of halogens is 1. The topological polar surface area (TPSA) is 191 Å². The number of nitrogens with one attached hydrogen (secondary N) is 1. The Bertz CT molecular complexity index is 2280. The van der Waals surface area contributed by atoms with Gasteiger partial charge in [0.15, 0.2) is 0 Å². The Morgan fingerprint density at radius 1 is 0.579 bits per heavy atom. The molecule has 6 rings (SSSR count). The lowest BCUT2D eigenvalue weighted by atomic mass is 9.79. The summed E-state index contributed by atoms with van der Waals surface area (Å²) in [6.45, 7) is 16.1. The van der Waals surface area contributed by atoms with Crippen molar-refractivity contribution < 1.29 is 35.5 Å². The highest BCUT2D eigenvalue weighted by Crippen LogP contribution is 2.37. The molecule has 300 valence electrons. The lowest BCUT2D eigenvalue weighted by Crippen LogP contribution is -2.41. The molecule has 3 N–H and O–H groups in total. The van der Waals surface area contributed by atoms with Crippen molar-refractivity contribution in [1.29, 1.82) is 10.5 Å². The van der Waals surface area contributed by atoms with Crippen molar-refractivity contribution in [1.82, 2.24) is 0 Å². The highest BCUT2D eigenvalue weighted by Gasteiger charge is 2.52. The van der Waals surface area contributed by atoms with Crippen LogP contribution in [0.2, 0.25) is 0 Å². The highest BCUT2D eigenvalue weighted by molar-refractivity contribution is 8.13. The van der Waals surface area contributed by atoms with Crippen molar-refractivity contribution in [2.24, 2.45) is 0 Å². The predicted octanol–water partition coefficient (Wildman–Crippen LogP) is 5.99. The molecule has 0 aromatic heterocycles. The number of benzene rings is 4. The van der Waals surface area contributed by atoms with E-state index in [-0.39, 0.29) is 29.8 Å². The van der Waals surface area contributed by atoms with E-state index in [1.807, 2.05) is 91.8 Å². The van der Waals surface area contributed by atoms with Crippen molar-refractivity contribution in [2.75, 3.05) is 10.5 Å². The van der Waals surface area contributed by atoms with Crippen LogP contribution in [0.25, 0.3) is 0 Å². The fraction of sp³-hybridized carbons (Fsp3) is 0.350. The van der Waals surface area contributed by atoms with Crippen LogP contribution in [0.4, 0.5) is 11.4 Å². The molecule has 0 aliphatic carbocycles. The van der Waals surface area contributed by atoms with Crippen LogP contribution >= 0.6 is 10.7 Å². The van der Waals surface area contributed by atoms with E-state index >= 15 is 0 Å². The standard InChI is InChI=1S/C20H23BN2O4S.C12H18BNO2.C8H6ClNO2S/c1-19(2)20(3,4)27-21(26-19)17-9-11-18(12-10-17)23-28(24,25)14-16-7-5-15(13-22)6-8-16;1-11(2)12(3,4)16-13(15-11)9-5-7-10(14)8-6-9;9-13(11,12)6-8-3-1-7(5-10)2-4-8/h5-12,23H,14H2,1-4H3;5-8H,14H2,1-4H3;1-4H,6H2. The Labute approximate surface area is 342 Å². The first-order valence-corrected chi connectivity index (χ1v) is 22.0. The number of hydrogen-bond donors (Lipinski definition) is 2. The molecule has 0 amide bonds. The van der Waals surface area contributed by atoms with Crippen LogP contribution in [-0.4, -0.2) is 53.5 Å². The van der Waals surface area contributed by atoms with Crippen LogP contribution in [0.1, 0.15) is 77.6 Å². The van der Waals surface area contributed by atoms with Crippen LogP contribution in [0.3, 0.4) is 0 Å². The van der Waals surface area contributed by atoms with Crippen LogP contribution in [0.15, 0.2) is 97.1 Å². The third kappa shape index (κ3) is 12.6. The minimum absolute atomic E-state index is 0.169. The normalized spacial score (nSPS) is 17.5. The van der Waals surface area contributed by atoms with Crippen LogP contribution < -0.4 is 21.4 Å². The second-order valence-corrected chi connectivity index (χ2v) is 20.1. The first kappa shape index (κ1) is 45.3. The van der Waals surface area contributed by atoms with Gasteiger partial charge in [-0.05, 0) is 126 Å². The SMILES string of the molecule is CC1(C)OB(c2ccc(N)cc2)OC1(C)C.CC1(C)OB(c2ccc(NS(=O)(=O)Cc3ccc(C#N)cc3)cc2)OC1(C)C.N#Cc1ccc(CS(=O)(=O)Cl)cc1. The molecule has 0 bridgehead atoms. The molecule has 4 aromatic carbocycles. The van der Waals surface area contributed by atoms with Gasteiger partial charge < -0.3 is 24.4 Å². The Kier molecular flexibility index (Phi) is 14.0. The summed E-state index contributed by atoms with van der Waals surface area (Å²) in [4.78, 5) is 0. The molecule has 0 saturated carbocycles. The quantitative estimate of drug-likeness (QED) is 0.120. The summed E-state index contributed by atoms with van der Waals surface area (Å²) >= 11 is 0. The van der Waals surface area contributed by atoms with Gasteiger partial charge in [0.2, 0.25) is 19.1 Å². The van der Waals surface area contributed by atoms with E-state index in [2.05, 4.69) is 4.72 Å². The van der Waals surface area contributed by atoms with Gasteiger partial charge in [0.1, 0.15) is 0 Å². The first-order valence-electron chi connectivity index (χ1n) is 17.9. The molecule has 0 radical (unpaired) electrons. The number of rotatable bonds is 8. The average molecular weight is 833 g/mol. The molecule has 2 saturated heterocycles. The van der Waals surface area contributed by atoms with Gasteiger partial charge in [-0.15, -0.1) is 0 Å². The molecule has 2 fully saturated rings. The maximum atomic E-state index is 12.4. The molecule has 4 aromatic rings. The molecular formula is C40H47B2ClN4O8S2. The summed E-state index contributed by atoms with van der Waals surface area (Å²) in [5, 5.41) is 17.3. The minimum atomic E-state index is -3.57. The second kappa shape index (κ2) is 17.6. The van der Waals surface area contributed by atoms with Crippen LogP contribution in [0, 0.1) is 22.7 Å². The Morgan fingerprint density at radius 3 is 1.25 bits per heavy atom. The highest BCUT2D eigenvalue weighted by atomic mass is 35.7. The average Bonchev–Trinajstić information content (AvgIpc) is 3.48. The molecule has 57 heavy (non-hydrogen) atoms. The fourth-order valence-corrected chi connectivity index (χ4v) is 7.47. The van der Waals surface area contributed by atoms with E-state index in [9.17, 15) is 16.8 Å². The van der Waals surface area contributed by atoms with E-state index in [0.717, 1.165) is 16.6 Å². The van der Waals surface area contributed by atoms with Gasteiger partial charge in [-0.1, -0.05) is 48.5 Å². The summed E-state index contributed by atoms with van der Waals surface area (Å²) in [7, 11) is -2.82. The number of sulfonamides is 1. The predicted molar refractivity (Wildman–Crippen MR) is 226 cm³/mol. The van der Waals surface area contributed by atoms with Gasteiger partial charge >= 0.3 is 14.2 Å². The number of hydrogen-bond acceptors (Lipinski definition) is 11. The zero-order valence-electron chi connectivity index (χ0n) is 33.2. The van der Waals surface area contributed by atoms with Gasteiger partial charge in [0, 0.05) is 22.1 Å². The Morgan fingerprint density at radius 2 is 0.912 bits per heavy atom. The fourth-order valence-electron chi connectivity index (χ4n) is 5.30. The number of nitrogen functional groups attached to an aromatic ring is 1. The molecule has 2 aliphatic heterocycles. The molecule has 0 atom stereocenters. The van der Waals surface area contributed by atoms with E-state index in [0.29, 0.717) is 27.9 Å². The minimum Gasteiger partial charge on any atom is -0.399 e. The van der Waals surface area contributed by atoms with Crippen molar-refractivity contribution in [2.45, 2.75) is 89.3 Å². The van der Waals surface area contributed by atoms with Crippen LogP contribution in [-0.2, 0) is 49.2 Å². The molecule has 0 unspecified atom stereocenters. The number of nitrogens with two attached hydrogens (primary N) is 1. The summed E-state index contributed by atoms with van der Waals surface area (Å²) < 4.78 is 72.6. The van der Waals surface area contributed by atoms with Crippen molar-refractivity contribution in [3.63, 3.8) is 0 Å². The van der Waals surface area contributed by atoms with Crippen molar-refractivity contribution >= 4 is 66.3 Å².